The number of imide groups is 1. The molecule has 226 valence electrons. The number of carbonyl (C=O) groups is 3. The number of nitrogens with one attached hydrogen (secondary N) is 1. The zero-order chi connectivity index (χ0) is 31.4. The summed E-state index contributed by atoms with van der Waals surface area (Å²) in [6, 6.07) is 19.2. The Bertz CT molecular complexity index is 1660. The van der Waals surface area contributed by atoms with Gasteiger partial charge in [0.25, 0.3) is 0 Å². The van der Waals surface area contributed by atoms with Gasteiger partial charge in [0.15, 0.2) is 0 Å². The van der Waals surface area contributed by atoms with Crippen molar-refractivity contribution in [1.82, 2.24) is 15.1 Å². The number of hydrogen-bond donors (Lipinski definition) is 1. The van der Waals surface area contributed by atoms with Gasteiger partial charge in [0.2, 0.25) is 5.91 Å². The Labute approximate surface area is 253 Å². The van der Waals surface area contributed by atoms with Crippen molar-refractivity contribution in [3.05, 3.63) is 95.2 Å². The number of anilines is 1. The summed E-state index contributed by atoms with van der Waals surface area (Å²) in [7, 11) is 0. The SMILES string of the molecule is CC1=C(c2ccccc2-c2ccc(C#N)cc2)CN(C(=O)NCCCC(=O)N2CCC2)C(=O)N1c1cccc(C(F)(F)F)c1. The number of likely N-dealkylation sites (tertiary alicyclic amines) is 1. The van der Waals surface area contributed by atoms with Crippen molar-refractivity contribution in [3.63, 3.8) is 0 Å². The highest BCUT2D eigenvalue weighted by molar-refractivity contribution is 6.09. The van der Waals surface area contributed by atoms with Crippen LogP contribution in [0.25, 0.3) is 16.7 Å². The van der Waals surface area contributed by atoms with Crippen LogP contribution in [-0.4, -0.2) is 53.9 Å². The van der Waals surface area contributed by atoms with Gasteiger partial charge in [-0.15, -0.1) is 0 Å². The van der Waals surface area contributed by atoms with Gasteiger partial charge in [0.05, 0.1) is 29.4 Å². The van der Waals surface area contributed by atoms with Crippen LogP contribution in [0.5, 0.6) is 0 Å². The minimum absolute atomic E-state index is 0.00974. The van der Waals surface area contributed by atoms with E-state index in [0.29, 0.717) is 28.8 Å². The molecule has 3 aromatic rings. The lowest BCUT2D eigenvalue weighted by molar-refractivity contribution is -0.137. The van der Waals surface area contributed by atoms with Crippen LogP contribution in [0.3, 0.4) is 0 Å². The molecule has 3 aromatic carbocycles. The molecule has 1 N–H and O–H groups in total. The van der Waals surface area contributed by atoms with Gasteiger partial charge in [-0.05, 0) is 72.4 Å². The number of amides is 5. The van der Waals surface area contributed by atoms with E-state index in [4.69, 9.17) is 0 Å². The largest absolute Gasteiger partial charge is 0.416 e. The summed E-state index contributed by atoms with van der Waals surface area (Å²) in [5.74, 6) is 0.00974. The number of allylic oxidation sites excluding steroid dienone is 1. The number of carbonyl (C=O) groups excluding carboxylic acids is 3. The summed E-state index contributed by atoms with van der Waals surface area (Å²) in [6.45, 7) is 3.12. The van der Waals surface area contributed by atoms with Crippen molar-refractivity contribution in [2.45, 2.75) is 32.4 Å². The Morgan fingerprint density at radius 3 is 2.32 bits per heavy atom. The van der Waals surface area contributed by atoms with Crippen molar-refractivity contribution in [2.24, 2.45) is 0 Å². The van der Waals surface area contributed by atoms with Crippen LogP contribution in [0, 0.1) is 11.3 Å². The molecule has 1 saturated heterocycles. The molecule has 2 heterocycles. The van der Waals surface area contributed by atoms with E-state index in [1.807, 2.05) is 18.2 Å². The van der Waals surface area contributed by atoms with Gasteiger partial charge in [-0.1, -0.05) is 42.5 Å². The van der Waals surface area contributed by atoms with Crippen molar-refractivity contribution in [2.75, 3.05) is 31.1 Å². The minimum Gasteiger partial charge on any atom is -0.343 e. The summed E-state index contributed by atoms with van der Waals surface area (Å²) in [5.41, 5.74) is 2.67. The van der Waals surface area contributed by atoms with E-state index in [2.05, 4.69) is 11.4 Å². The molecule has 0 radical (unpaired) electrons. The molecule has 5 rings (SSSR count). The number of urea groups is 2. The normalized spacial score (nSPS) is 15.2. The van der Waals surface area contributed by atoms with Gasteiger partial charge in [0.1, 0.15) is 0 Å². The molecule has 2 aliphatic rings. The number of hydrogen-bond acceptors (Lipinski definition) is 4. The van der Waals surface area contributed by atoms with Gasteiger partial charge >= 0.3 is 18.2 Å². The standard InChI is InChI=1S/C33H30F3N5O3/c1-22-29(28-10-3-2-9-27(28)24-14-12-23(20-37)13-15-24)21-40(31(43)38-16-5-11-30(42)39-17-6-18-39)32(44)41(22)26-8-4-7-25(19-26)33(34,35)36/h2-4,7-10,12-15,19H,5-6,11,16-18,21H2,1H3,(H,38,43). The van der Waals surface area contributed by atoms with Gasteiger partial charge in [-0.2, -0.15) is 18.4 Å². The number of rotatable bonds is 7. The molecule has 2 aliphatic heterocycles. The third-order valence-electron chi connectivity index (χ3n) is 7.82. The highest BCUT2D eigenvalue weighted by Gasteiger charge is 2.38. The van der Waals surface area contributed by atoms with Crippen LogP contribution in [-0.2, 0) is 11.0 Å². The molecule has 5 amide bonds. The lowest BCUT2D eigenvalue weighted by Crippen LogP contribution is -2.53. The molecular weight excluding hydrogens is 571 g/mol. The second-order valence-electron chi connectivity index (χ2n) is 10.6. The molecule has 11 heteroatoms. The van der Waals surface area contributed by atoms with Crippen LogP contribution < -0.4 is 10.2 Å². The number of alkyl halides is 3. The topological polar surface area (TPSA) is 96.7 Å². The zero-order valence-corrected chi connectivity index (χ0v) is 24.0. The van der Waals surface area contributed by atoms with Crippen molar-refractivity contribution in [3.8, 4) is 17.2 Å². The van der Waals surface area contributed by atoms with Crippen LogP contribution in [0.1, 0.15) is 42.9 Å². The Morgan fingerprint density at radius 2 is 1.68 bits per heavy atom. The van der Waals surface area contributed by atoms with Crippen LogP contribution in [0.15, 0.2) is 78.5 Å². The summed E-state index contributed by atoms with van der Waals surface area (Å²) < 4.78 is 40.9. The number of benzene rings is 3. The predicted molar refractivity (Wildman–Crippen MR) is 159 cm³/mol. The quantitative estimate of drug-likeness (QED) is 0.307. The number of halogens is 3. The molecule has 0 saturated carbocycles. The first-order valence-corrected chi connectivity index (χ1v) is 14.2. The Morgan fingerprint density at radius 1 is 0.977 bits per heavy atom. The van der Waals surface area contributed by atoms with Crippen LogP contribution >= 0.6 is 0 Å². The van der Waals surface area contributed by atoms with E-state index < -0.39 is 23.8 Å². The Kier molecular flexibility index (Phi) is 8.71. The molecule has 0 spiro atoms. The second-order valence-corrected chi connectivity index (χ2v) is 10.6. The zero-order valence-electron chi connectivity index (χ0n) is 24.0. The lowest BCUT2D eigenvalue weighted by Gasteiger charge is -2.37. The lowest BCUT2D eigenvalue weighted by atomic mass is 9.91. The van der Waals surface area contributed by atoms with E-state index >= 15 is 0 Å². The van der Waals surface area contributed by atoms with Gasteiger partial charge in [-0.25, -0.2) is 14.5 Å². The maximum Gasteiger partial charge on any atom is 0.416 e. The Hall–Kier alpha value is -5.11. The molecular formula is C33H30F3N5O3. The summed E-state index contributed by atoms with van der Waals surface area (Å²) in [6.07, 6.45) is -3.02. The maximum absolute atomic E-state index is 13.8. The molecule has 0 bridgehead atoms. The van der Waals surface area contributed by atoms with Crippen LogP contribution in [0.2, 0.25) is 0 Å². The van der Waals surface area contributed by atoms with Crippen molar-refractivity contribution >= 4 is 29.2 Å². The highest BCUT2D eigenvalue weighted by Crippen LogP contribution is 2.38. The smallest absolute Gasteiger partial charge is 0.343 e. The van der Waals surface area contributed by atoms with Crippen molar-refractivity contribution < 1.29 is 27.6 Å². The molecule has 0 aromatic heterocycles. The average molecular weight is 602 g/mol. The number of nitrogens with zero attached hydrogens (tertiary/aromatic N) is 4. The molecule has 44 heavy (non-hydrogen) atoms. The van der Waals surface area contributed by atoms with Gasteiger partial charge in [0, 0.05) is 31.8 Å². The first kappa shape index (κ1) is 30.4. The van der Waals surface area contributed by atoms with E-state index in [1.165, 1.54) is 12.1 Å². The summed E-state index contributed by atoms with van der Waals surface area (Å²) >= 11 is 0. The fourth-order valence-corrected chi connectivity index (χ4v) is 5.28. The molecule has 0 unspecified atom stereocenters. The Balaban J connectivity index is 1.50. The van der Waals surface area contributed by atoms with Gasteiger partial charge < -0.3 is 10.2 Å². The average Bonchev–Trinajstić information content (AvgIpc) is 2.98. The summed E-state index contributed by atoms with van der Waals surface area (Å²) in [5, 5.41) is 11.9. The third-order valence-corrected chi connectivity index (χ3v) is 7.82. The fourth-order valence-electron chi connectivity index (χ4n) is 5.28. The first-order valence-electron chi connectivity index (χ1n) is 14.2. The van der Waals surface area contributed by atoms with E-state index in [-0.39, 0.29) is 31.1 Å². The fraction of sp³-hybridized carbons (Fsp3) is 0.273. The monoisotopic (exact) mass is 601 g/mol. The predicted octanol–water partition coefficient (Wildman–Crippen LogP) is 6.64. The molecule has 1 fully saturated rings. The van der Waals surface area contributed by atoms with Gasteiger partial charge in [-0.3, -0.25) is 9.69 Å². The second kappa shape index (κ2) is 12.6. The number of nitriles is 1. The van der Waals surface area contributed by atoms with Crippen LogP contribution in [0.4, 0.5) is 28.4 Å². The highest BCUT2D eigenvalue weighted by atomic mass is 19.4. The molecule has 0 aliphatic carbocycles. The molecule has 0 atom stereocenters. The van der Waals surface area contributed by atoms with E-state index in [1.54, 1.807) is 42.2 Å². The minimum atomic E-state index is -4.64. The van der Waals surface area contributed by atoms with E-state index in [9.17, 15) is 32.8 Å². The van der Waals surface area contributed by atoms with E-state index in [0.717, 1.165) is 52.6 Å². The third kappa shape index (κ3) is 6.29. The molecule has 8 nitrogen and oxygen atoms in total. The van der Waals surface area contributed by atoms with Crippen molar-refractivity contribution in [1.29, 1.82) is 5.26 Å². The summed E-state index contributed by atoms with van der Waals surface area (Å²) in [4.78, 5) is 43.2. The first-order chi connectivity index (χ1) is 21.1. The maximum atomic E-state index is 13.8.